The average molecular weight is 360 g/mol. The molecule has 0 saturated heterocycles. The van der Waals surface area contributed by atoms with Crippen molar-refractivity contribution in [3.8, 4) is 0 Å². The van der Waals surface area contributed by atoms with Crippen LogP contribution in [0.4, 0.5) is 5.82 Å². The van der Waals surface area contributed by atoms with Gasteiger partial charge in [0.05, 0.1) is 11.6 Å². The minimum atomic E-state index is -0.121. The quantitative estimate of drug-likeness (QED) is 0.699. The zero-order valence-electron chi connectivity index (χ0n) is 15.7. The fourth-order valence-electron chi connectivity index (χ4n) is 2.81. The number of hydrogen-bond acceptors (Lipinski definition) is 4. The fourth-order valence-corrected chi connectivity index (χ4v) is 2.81. The van der Waals surface area contributed by atoms with E-state index in [0.29, 0.717) is 5.56 Å². The summed E-state index contributed by atoms with van der Waals surface area (Å²) in [5, 5.41) is 3.01. The van der Waals surface area contributed by atoms with Gasteiger partial charge in [-0.1, -0.05) is 30.3 Å². The summed E-state index contributed by atoms with van der Waals surface area (Å²) in [6.45, 7) is 2.81. The van der Waals surface area contributed by atoms with Gasteiger partial charge in [-0.25, -0.2) is 4.98 Å². The summed E-state index contributed by atoms with van der Waals surface area (Å²) in [6, 6.07) is 17.6. The number of benzene rings is 1. The Morgan fingerprint density at radius 2 is 1.81 bits per heavy atom. The number of aromatic nitrogens is 2. The predicted molar refractivity (Wildman–Crippen MR) is 108 cm³/mol. The molecule has 2 heterocycles. The van der Waals surface area contributed by atoms with Crippen molar-refractivity contribution in [2.45, 2.75) is 19.4 Å². The smallest absolute Gasteiger partial charge is 0.253 e. The molecule has 0 aliphatic carbocycles. The summed E-state index contributed by atoms with van der Waals surface area (Å²) >= 11 is 0. The van der Waals surface area contributed by atoms with Crippen molar-refractivity contribution >= 4 is 11.7 Å². The lowest BCUT2D eigenvalue weighted by molar-refractivity contribution is 0.0939. The van der Waals surface area contributed by atoms with Crippen LogP contribution in [0, 0.1) is 0 Å². The highest BCUT2D eigenvalue weighted by molar-refractivity contribution is 5.94. The number of hydrogen-bond donors (Lipinski definition) is 1. The van der Waals surface area contributed by atoms with Gasteiger partial charge in [-0.3, -0.25) is 9.78 Å². The maximum absolute atomic E-state index is 12.4. The maximum atomic E-state index is 12.4. The minimum absolute atomic E-state index is 0.0542. The predicted octanol–water partition coefficient (Wildman–Crippen LogP) is 3.65. The molecular weight excluding hydrogens is 336 g/mol. The van der Waals surface area contributed by atoms with E-state index in [1.165, 1.54) is 5.56 Å². The third kappa shape index (κ3) is 5.14. The van der Waals surface area contributed by atoms with Crippen LogP contribution in [-0.2, 0) is 6.42 Å². The zero-order chi connectivity index (χ0) is 19.1. The molecule has 27 heavy (non-hydrogen) atoms. The molecule has 0 radical (unpaired) electrons. The molecule has 2 aromatic heterocycles. The summed E-state index contributed by atoms with van der Waals surface area (Å²) in [5.41, 5.74) is 2.87. The molecule has 1 aromatic carbocycles. The van der Waals surface area contributed by atoms with Crippen molar-refractivity contribution in [1.82, 2.24) is 15.3 Å². The summed E-state index contributed by atoms with van der Waals surface area (Å²) in [4.78, 5) is 23.0. The van der Waals surface area contributed by atoms with Crippen molar-refractivity contribution in [3.05, 3.63) is 89.9 Å². The van der Waals surface area contributed by atoms with Gasteiger partial charge < -0.3 is 10.2 Å². The van der Waals surface area contributed by atoms with Gasteiger partial charge in [0.2, 0.25) is 0 Å². The van der Waals surface area contributed by atoms with E-state index in [-0.39, 0.29) is 11.9 Å². The first kappa shape index (κ1) is 18.6. The molecule has 138 valence electrons. The number of carbonyl (C=O) groups excluding carboxylic acids is 1. The normalized spacial score (nSPS) is 11.6. The maximum Gasteiger partial charge on any atom is 0.253 e. The van der Waals surface area contributed by atoms with E-state index in [1.807, 2.05) is 68.6 Å². The van der Waals surface area contributed by atoms with Gasteiger partial charge in [0.1, 0.15) is 5.82 Å². The third-order valence-corrected chi connectivity index (χ3v) is 4.53. The average Bonchev–Trinajstić information content (AvgIpc) is 2.73. The summed E-state index contributed by atoms with van der Waals surface area (Å²) in [5.74, 6) is 0.724. The highest BCUT2D eigenvalue weighted by atomic mass is 16.1. The van der Waals surface area contributed by atoms with Crippen molar-refractivity contribution < 1.29 is 4.79 Å². The molecular formula is C22H24N4O. The van der Waals surface area contributed by atoms with E-state index >= 15 is 0 Å². The van der Waals surface area contributed by atoms with E-state index in [9.17, 15) is 4.79 Å². The molecule has 0 bridgehead atoms. The van der Waals surface area contributed by atoms with E-state index in [0.717, 1.165) is 24.3 Å². The SMILES string of the molecule is CC(NC(=O)c1ccc(N(C)CCc2ccncc2)nc1)c1ccccc1. The molecule has 1 atom stereocenters. The molecule has 3 aromatic rings. The Morgan fingerprint density at radius 1 is 1.07 bits per heavy atom. The number of pyridine rings is 2. The standard InChI is InChI=1S/C22H24N4O/c1-17(19-6-4-3-5-7-19)25-22(27)20-8-9-21(24-16-20)26(2)15-12-18-10-13-23-14-11-18/h3-11,13-14,16-17H,12,15H2,1-2H3,(H,25,27). The van der Waals surface area contributed by atoms with Crippen LogP contribution in [0.2, 0.25) is 0 Å². The number of amides is 1. The number of likely N-dealkylation sites (N-methyl/N-ethyl adjacent to an activating group) is 1. The lowest BCUT2D eigenvalue weighted by atomic mass is 10.1. The topological polar surface area (TPSA) is 58.1 Å². The second kappa shape index (κ2) is 8.94. The Kier molecular flexibility index (Phi) is 6.15. The van der Waals surface area contributed by atoms with Crippen LogP contribution in [0.15, 0.2) is 73.2 Å². The molecule has 1 unspecified atom stereocenters. The Hall–Kier alpha value is -3.21. The Morgan fingerprint density at radius 3 is 2.48 bits per heavy atom. The Labute approximate surface area is 160 Å². The first-order valence-corrected chi connectivity index (χ1v) is 9.05. The molecule has 3 rings (SSSR count). The highest BCUT2D eigenvalue weighted by Gasteiger charge is 2.12. The largest absolute Gasteiger partial charge is 0.359 e. The summed E-state index contributed by atoms with van der Waals surface area (Å²) in [6.07, 6.45) is 6.15. The van der Waals surface area contributed by atoms with Crippen LogP contribution in [0.25, 0.3) is 0 Å². The Balaban J connectivity index is 1.56. The summed E-state index contributed by atoms with van der Waals surface area (Å²) in [7, 11) is 2.00. The van der Waals surface area contributed by atoms with Crippen molar-refractivity contribution in [2.24, 2.45) is 0 Å². The van der Waals surface area contributed by atoms with Crippen LogP contribution in [0.3, 0.4) is 0 Å². The Bertz CT molecular complexity index is 851. The molecule has 0 spiro atoms. The molecule has 0 aliphatic heterocycles. The van der Waals surface area contributed by atoms with Crippen LogP contribution in [0.1, 0.15) is 34.5 Å². The number of nitrogens with one attached hydrogen (secondary N) is 1. The molecule has 5 heteroatoms. The van der Waals surface area contributed by atoms with E-state index in [1.54, 1.807) is 18.6 Å². The van der Waals surface area contributed by atoms with E-state index in [2.05, 4.69) is 20.2 Å². The van der Waals surface area contributed by atoms with Gasteiger partial charge in [0.15, 0.2) is 0 Å². The number of nitrogens with zero attached hydrogens (tertiary/aromatic N) is 3. The first-order chi connectivity index (χ1) is 13.1. The first-order valence-electron chi connectivity index (χ1n) is 9.05. The molecule has 0 saturated carbocycles. The van der Waals surface area contributed by atoms with Crippen LogP contribution >= 0.6 is 0 Å². The van der Waals surface area contributed by atoms with Crippen molar-refractivity contribution in [3.63, 3.8) is 0 Å². The zero-order valence-corrected chi connectivity index (χ0v) is 15.7. The van der Waals surface area contributed by atoms with Crippen LogP contribution in [0.5, 0.6) is 0 Å². The number of carbonyl (C=O) groups is 1. The minimum Gasteiger partial charge on any atom is -0.359 e. The third-order valence-electron chi connectivity index (χ3n) is 4.53. The van der Waals surface area contributed by atoms with Gasteiger partial charge in [0.25, 0.3) is 5.91 Å². The lowest BCUT2D eigenvalue weighted by Crippen LogP contribution is -2.27. The lowest BCUT2D eigenvalue weighted by Gasteiger charge is -2.18. The number of rotatable bonds is 7. The number of anilines is 1. The van der Waals surface area contributed by atoms with Gasteiger partial charge in [-0.2, -0.15) is 0 Å². The van der Waals surface area contributed by atoms with E-state index in [4.69, 9.17) is 0 Å². The van der Waals surface area contributed by atoms with Gasteiger partial charge in [-0.15, -0.1) is 0 Å². The van der Waals surface area contributed by atoms with E-state index < -0.39 is 0 Å². The highest BCUT2D eigenvalue weighted by Crippen LogP contribution is 2.14. The van der Waals surface area contributed by atoms with Gasteiger partial charge >= 0.3 is 0 Å². The molecule has 1 amide bonds. The molecule has 1 N–H and O–H groups in total. The molecule has 0 fully saturated rings. The van der Waals surface area contributed by atoms with Crippen molar-refractivity contribution in [1.29, 1.82) is 0 Å². The molecule has 0 aliphatic rings. The second-order valence-corrected chi connectivity index (χ2v) is 6.54. The molecule has 5 nitrogen and oxygen atoms in total. The van der Waals surface area contributed by atoms with Crippen molar-refractivity contribution in [2.75, 3.05) is 18.5 Å². The second-order valence-electron chi connectivity index (χ2n) is 6.54. The monoisotopic (exact) mass is 360 g/mol. The van der Waals surface area contributed by atoms with Gasteiger partial charge in [0, 0.05) is 32.2 Å². The summed E-state index contributed by atoms with van der Waals surface area (Å²) < 4.78 is 0. The van der Waals surface area contributed by atoms with Gasteiger partial charge in [-0.05, 0) is 48.7 Å². The fraction of sp³-hybridized carbons (Fsp3) is 0.227. The van der Waals surface area contributed by atoms with Crippen LogP contribution < -0.4 is 10.2 Å². The van der Waals surface area contributed by atoms with Crippen LogP contribution in [-0.4, -0.2) is 29.5 Å².